The van der Waals surface area contributed by atoms with Crippen molar-refractivity contribution in [2.45, 2.75) is 70.9 Å². The first-order chi connectivity index (χ1) is 13.1. The number of aryl methyl sites for hydroxylation is 1. The second-order valence-electron chi connectivity index (χ2n) is 6.80. The van der Waals surface area contributed by atoms with Crippen LogP contribution in [0.3, 0.4) is 0 Å². The lowest BCUT2D eigenvalue weighted by Gasteiger charge is -2.03. The Labute approximate surface area is 160 Å². The quantitative estimate of drug-likeness (QED) is 0.382. The Morgan fingerprint density at radius 1 is 1.00 bits per heavy atom. The molecule has 2 rings (SSSR count). The average molecular weight is 374 g/mol. The molecule has 0 spiro atoms. The second kappa shape index (κ2) is 11.9. The molecule has 0 aliphatic heterocycles. The number of carboxylic acids is 1. The maximum atomic E-state index is 10.4. The number of ether oxygens (including phenoxy) is 1. The first-order valence-electron chi connectivity index (χ1n) is 9.72. The Morgan fingerprint density at radius 2 is 1.63 bits per heavy atom. The molecule has 0 amide bonds. The lowest BCUT2D eigenvalue weighted by molar-refractivity contribution is -0.137. The molecule has 7 heteroatoms. The van der Waals surface area contributed by atoms with Crippen molar-refractivity contribution in [3.05, 3.63) is 36.2 Å². The summed E-state index contributed by atoms with van der Waals surface area (Å²) in [6.07, 6.45) is 11.0. The highest BCUT2D eigenvalue weighted by atomic mass is 16.5. The number of carbonyl (C=O) groups is 1. The van der Waals surface area contributed by atoms with Gasteiger partial charge in [0.2, 0.25) is 0 Å². The minimum atomic E-state index is -0.692. The van der Waals surface area contributed by atoms with Crippen molar-refractivity contribution >= 4 is 11.7 Å². The number of aromatic nitrogens is 3. The third-order valence-corrected chi connectivity index (χ3v) is 4.38. The van der Waals surface area contributed by atoms with Gasteiger partial charge in [-0.25, -0.2) is 0 Å². The molecule has 0 fully saturated rings. The van der Waals surface area contributed by atoms with Crippen LogP contribution in [0.25, 0.3) is 0 Å². The predicted molar refractivity (Wildman–Crippen MR) is 104 cm³/mol. The highest BCUT2D eigenvalue weighted by Crippen LogP contribution is 2.14. The molecule has 0 unspecified atom stereocenters. The van der Waals surface area contributed by atoms with E-state index in [9.17, 15) is 4.79 Å². The fourth-order valence-electron chi connectivity index (χ4n) is 2.85. The van der Waals surface area contributed by atoms with Crippen LogP contribution in [0.4, 0.5) is 5.69 Å². The van der Waals surface area contributed by atoms with Gasteiger partial charge in [0.25, 0.3) is 0 Å². The van der Waals surface area contributed by atoms with Crippen LogP contribution in [-0.2, 0) is 17.9 Å². The number of anilines is 1. The standard InChI is InChI=1S/C20H30N4O3/c21-17-10-12-19(13-11-17)27-16-18-15-24(23-22-18)14-8-6-4-2-1-3-5-7-9-20(25)26/h10-13,15H,1-9,14,16,21H2,(H,25,26). The third kappa shape index (κ3) is 9.08. The summed E-state index contributed by atoms with van der Waals surface area (Å²) in [7, 11) is 0. The minimum Gasteiger partial charge on any atom is -0.487 e. The van der Waals surface area contributed by atoms with E-state index in [0.717, 1.165) is 43.7 Å². The van der Waals surface area contributed by atoms with E-state index in [1.165, 1.54) is 25.7 Å². The third-order valence-electron chi connectivity index (χ3n) is 4.38. The van der Waals surface area contributed by atoms with Crippen molar-refractivity contribution in [2.75, 3.05) is 5.73 Å². The van der Waals surface area contributed by atoms with Crippen LogP contribution in [0.15, 0.2) is 30.5 Å². The lowest BCUT2D eigenvalue weighted by Crippen LogP contribution is -1.99. The lowest BCUT2D eigenvalue weighted by atomic mass is 10.1. The fourth-order valence-corrected chi connectivity index (χ4v) is 2.85. The van der Waals surface area contributed by atoms with E-state index in [1.54, 1.807) is 0 Å². The normalized spacial score (nSPS) is 10.8. The molecule has 1 aromatic carbocycles. The van der Waals surface area contributed by atoms with Gasteiger partial charge in [-0.2, -0.15) is 0 Å². The zero-order valence-electron chi connectivity index (χ0n) is 15.8. The van der Waals surface area contributed by atoms with E-state index < -0.39 is 5.97 Å². The van der Waals surface area contributed by atoms with Crippen LogP contribution in [-0.4, -0.2) is 26.1 Å². The number of nitrogens with two attached hydrogens (primary N) is 1. The van der Waals surface area contributed by atoms with Gasteiger partial charge < -0.3 is 15.6 Å². The molecule has 0 saturated carbocycles. The molecule has 3 N–H and O–H groups in total. The topological polar surface area (TPSA) is 103 Å². The van der Waals surface area contributed by atoms with E-state index in [2.05, 4.69) is 10.3 Å². The molecule has 0 atom stereocenters. The zero-order valence-corrected chi connectivity index (χ0v) is 15.8. The Bertz CT molecular complexity index is 670. The van der Waals surface area contributed by atoms with E-state index in [4.69, 9.17) is 15.6 Å². The number of hydrogen-bond acceptors (Lipinski definition) is 5. The van der Waals surface area contributed by atoms with Crippen LogP contribution in [0.2, 0.25) is 0 Å². The van der Waals surface area contributed by atoms with Crippen LogP contribution in [0.5, 0.6) is 5.75 Å². The Morgan fingerprint density at radius 3 is 2.30 bits per heavy atom. The van der Waals surface area contributed by atoms with Crippen LogP contribution in [0, 0.1) is 0 Å². The first-order valence-corrected chi connectivity index (χ1v) is 9.72. The predicted octanol–water partition coefficient (Wildman–Crippen LogP) is 4.03. The number of benzene rings is 1. The summed E-state index contributed by atoms with van der Waals surface area (Å²) in [5, 5.41) is 16.9. The van der Waals surface area contributed by atoms with Crippen LogP contribution < -0.4 is 10.5 Å². The molecular weight excluding hydrogens is 344 g/mol. The molecular formula is C20H30N4O3. The monoisotopic (exact) mass is 374 g/mol. The maximum Gasteiger partial charge on any atom is 0.303 e. The first kappa shape index (κ1) is 20.7. The molecule has 2 aromatic rings. The molecule has 0 aliphatic carbocycles. The minimum absolute atomic E-state index is 0.297. The molecule has 0 aliphatic rings. The van der Waals surface area contributed by atoms with Crippen molar-refractivity contribution in [1.29, 1.82) is 0 Å². The maximum absolute atomic E-state index is 10.4. The molecule has 27 heavy (non-hydrogen) atoms. The number of rotatable bonds is 14. The van der Waals surface area contributed by atoms with Crippen molar-refractivity contribution in [2.24, 2.45) is 0 Å². The summed E-state index contributed by atoms with van der Waals surface area (Å²) in [6.45, 7) is 1.26. The summed E-state index contributed by atoms with van der Waals surface area (Å²) in [5.74, 6) is 0.0739. The van der Waals surface area contributed by atoms with E-state index >= 15 is 0 Å². The average Bonchev–Trinajstić information content (AvgIpc) is 3.10. The van der Waals surface area contributed by atoms with Gasteiger partial charge >= 0.3 is 5.97 Å². The van der Waals surface area contributed by atoms with Gasteiger partial charge in [-0.15, -0.1) is 5.10 Å². The van der Waals surface area contributed by atoms with Crippen molar-refractivity contribution in [3.63, 3.8) is 0 Å². The number of hydrogen-bond donors (Lipinski definition) is 2. The van der Waals surface area contributed by atoms with Gasteiger partial charge in [0.1, 0.15) is 18.1 Å². The zero-order chi connectivity index (χ0) is 19.3. The Balaban J connectivity index is 1.49. The number of nitrogen functional groups attached to an aromatic ring is 1. The van der Waals surface area contributed by atoms with Crippen LogP contribution >= 0.6 is 0 Å². The van der Waals surface area contributed by atoms with Gasteiger partial charge in [0.15, 0.2) is 0 Å². The molecule has 1 heterocycles. The number of unbranched alkanes of at least 4 members (excludes halogenated alkanes) is 7. The van der Waals surface area contributed by atoms with Crippen molar-refractivity contribution < 1.29 is 14.6 Å². The number of nitrogens with zero attached hydrogens (tertiary/aromatic N) is 3. The van der Waals surface area contributed by atoms with E-state index in [0.29, 0.717) is 18.7 Å². The molecule has 0 radical (unpaired) electrons. The Hall–Kier alpha value is -2.57. The fraction of sp³-hybridized carbons (Fsp3) is 0.550. The van der Waals surface area contributed by atoms with Crippen molar-refractivity contribution in [3.8, 4) is 5.75 Å². The highest BCUT2D eigenvalue weighted by molar-refractivity contribution is 5.66. The number of carboxylic acid groups (broad SMARTS) is 1. The number of aliphatic carboxylic acids is 1. The molecule has 0 bridgehead atoms. The summed E-state index contributed by atoms with van der Waals surface area (Å²) < 4.78 is 7.54. The van der Waals surface area contributed by atoms with Crippen LogP contribution in [0.1, 0.15) is 63.5 Å². The highest BCUT2D eigenvalue weighted by Gasteiger charge is 2.02. The molecule has 7 nitrogen and oxygen atoms in total. The van der Waals surface area contributed by atoms with E-state index in [-0.39, 0.29) is 0 Å². The summed E-state index contributed by atoms with van der Waals surface area (Å²) in [5.41, 5.74) is 7.18. The largest absolute Gasteiger partial charge is 0.487 e. The van der Waals surface area contributed by atoms with Crippen molar-refractivity contribution in [1.82, 2.24) is 15.0 Å². The SMILES string of the molecule is Nc1ccc(OCc2cn(CCCCCCCCCCC(=O)O)nn2)cc1. The molecule has 0 saturated heterocycles. The summed E-state index contributed by atoms with van der Waals surface area (Å²) >= 11 is 0. The van der Waals surface area contributed by atoms with Gasteiger partial charge in [-0.05, 0) is 37.1 Å². The van der Waals surface area contributed by atoms with E-state index in [1.807, 2.05) is 35.1 Å². The Kier molecular flexibility index (Phi) is 9.17. The molecule has 1 aromatic heterocycles. The van der Waals surface area contributed by atoms with Gasteiger partial charge in [0.05, 0.1) is 6.20 Å². The van der Waals surface area contributed by atoms with Gasteiger partial charge in [-0.1, -0.05) is 43.7 Å². The molecule has 148 valence electrons. The van der Waals surface area contributed by atoms with Gasteiger partial charge in [0, 0.05) is 18.7 Å². The summed E-state index contributed by atoms with van der Waals surface area (Å²) in [6, 6.07) is 7.29. The van der Waals surface area contributed by atoms with Gasteiger partial charge in [-0.3, -0.25) is 9.48 Å². The smallest absolute Gasteiger partial charge is 0.303 e. The second-order valence-corrected chi connectivity index (χ2v) is 6.80. The summed E-state index contributed by atoms with van der Waals surface area (Å²) in [4.78, 5) is 10.4.